The molecule has 0 radical (unpaired) electrons. The van der Waals surface area contributed by atoms with Crippen molar-refractivity contribution in [3.63, 3.8) is 0 Å². The topological polar surface area (TPSA) is 53.4 Å². The van der Waals surface area contributed by atoms with Gasteiger partial charge in [-0.05, 0) is 44.2 Å². The van der Waals surface area contributed by atoms with E-state index in [4.69, 9.17) is 0 Å². The highest BCUT2D eigenvalue weighted by atomic mass is 16.4. The number of aryl methyl sites for hydroxylation is 2. The van der Waals surface area contributed by atoms with E-state index in [2.05, 4.69) is 23.7 Å². The zero-order chi connectivity index (χ0) is 14.2. The van der Waals surface area contributed by atoms with Gasteiger partial charge in [-0.1, -0.05) is 13.8 Å². The van der Waals surface area contributed by atoms with E-state index >= 15 is 0 Å². The van der Waals surface area contributed by atoms with E-state index in [1.165, 1.54) is 0 Å². The molecular formula is C15H22N2O2. The third-order valence-corrected chi connectivity index (χ3v) is 3.36. The summed E-state index contributed by atoms with van der Waals surface area (Å²) in [6.45, 7) is 8.93. The van der Waals surface area contributed by atoms with E-state index < -0.39 is 5.97 Å². The van der Waals surface area contributed by atoms with Gasteiger partial charge in [-0.2, -0.15) is 0 Å². The second-order valence-corrected chi connectivity index (χ2v) is 5.86. The van der Waals surface area contributed by atoms with E-state index in [1.54, 1.807) is 0 Å². The number of pyridine rings is 1. The predicted molar refractivity (Wildman–Crippen MR) is 75.9 cm³/mol. The Morgan fingerprint density at radius 2 is 2.11 bits per heavy atom. The van der Waals surface area contributed by atoms with Gasteiger partial charge in [-0.15, -0.1) is 0 Å². The number of aromatic carboxylic acids is 1. The normalized spacial score (nSPS) is 14.8. The molecule has 0 unspecified atom stereocenters. The molecule has 1 aliphatic rings. The molecule has 19 heavy (non-hydrogen) atoms. The summed E-state index contributed by atoms with van der Waals surface area (Å²) in [4.78, 5) is 18.2. The van der Waals surface area contributed by atoms with Crippen LogP contribution < -0.4 is 4.90 Å². The number of hydrogen-bond donors (Lipinski definition) is 1. The second kappa shape index (κ2) is 5.19. The van der Waals surface area contributed by atoms with E-state index in [0.717, 1.165) is 30.6 Å². The van der Waals surface area contributed by atoms with Crippen LogP contribution in [0.1, 0.15) is 48.3 Å². The number of aromatic nitrogens is 1. The summed E-state index contributed by atoms with van der Waals surface area (Å²) in [5.74, 6) is 0.264. The summed E-state index contributed by atoms with van der Waals surface area (Å²) >= 11 is 0. The molecule has 0 aliphatic heterocycles. The van der Waals surface area contributed by atoms with Gasteiger partial charge < -0.3 is 10.0 Å². The molecule has 1 fully saturated rings. The molecule has 1 aromatic heterocycles. The maximum Gasteiger partial charge on any atom is 0.339 e. The highest BCUT2D eigenvalue weighted by molar-refractivity contribution is 5.95. The summed E-state index contributed by atoms with van der Waals surface area (Å²) in [7, 11) is 0. The Kier molecular flexibility index (Phi) is 3.78. The molecule has 0 atom stereocenters. The van der Waals surface area contributed by atoms with Gasteiger partial charge >= 0.3 is 5.97 Å². The van der Waals surface area contributed by atoms with Gasteiger partial charge in [-0.25, -0.2) is 9.78 Å². The molecular weight excluding hydrogens is 240 g/mol. The average Bonchev–Trinajstić information content (AvgIpc) is 3.07. The van der Waals surface area contributed by atoms with Crippen molar-refractivity contribution in [2.45, 2.75) is 46.6 Å². The minimum Gasteiger partial charge on any atom is -0.478 e. The zero-order valence-electron chi connectivity index (χ0n) is 12.1. The van der Waals surface area contributed by atoms with Gasteiger partial charge in [0.2, 0.25) is 0 Å². The first-order chi connectivity index (χ1) is 8.90. The fourth-order valence-electron chi connectivity index (χ4n) is 2.48. The van der Waals surface area contributed by atoms with Crippen LogP contribution in [0.25, 0.3) is 0 Å². The molecule has 0 bridgehead atoms. The van der Waals surface area contributed by atoms with Crippen molar-refractivity contribution in [2.24, 2.45) is 5.92 Å². The first-order valence-electron chi connectivity index (χ1n) is 6.88. The number of anilines is 1. The largest absolute Gasteiger partial charge is 0.478 e. The number of hydrogen-bond acceptors (Lipinski definition) is 3. The molecule has 2 rings (SSSR count). The molecule has 104 valence electrons. The van der Waals surface area contributed by atoms with Crippen molar-refractivity contribution >= 4 is 11.8 Å². The van der Waals surface area contributed by atoms with Crippen molar-refractivity contribution in [2.75, 3.05) is 11.4 Å². The molecule has 1 aromatic rings. The summed E-state index contributed by atoms with van der Waals surface area (Å²) in [5, 5.41) is 9.46. The number of carbonyl (C=O) groups is 1. The van der Waals surface area contributed by atoms with Crippen molar-refractivity contribution in [3.05, 3.63) is 22.9 Å². The smallest absolute Gasteiger partial charge is 0.339 e. The van der Waals surface area contributed by atoms with Gasteiger partial charge in [0, 0.05) is 18.3 Å². The van der Waals surface area contributed by atoms with Crippen LogP contribution in [0.2, 0.25) is 0 Å². The Morgan fingerprint density at radius 1 is 1.47 bits per heavy atom. The molecule has 1 saturated carbocycles. The van der Waals surface area contributed by atoms with Crippen LogP contribution in [0.4, 0.5) is 5.82 Å². The van der Waals surface area contributed by atoms with Crippen LogP contribution in [0.15, 0.2) is 6.07 Å². The molecule has 4 heteroatoms. The lowest BCUT2D eigenvalue weighted by Crippen LogP contribution is -2.32. The monoisotopic (exact) mass is 262 g/mol. The Hall–Kier alpha value is -1.58. The number of rotatable bonds is 5. The Bertz CT molecular complexity index is 493. The van der Waals surface area contributed by atoms with E-state index in [0.29, 0.717) is 23.3 Å². The van der Waals surface area contributed by atoms with Crippen LogP contribution in [-0.4, -0.2) is 28.6 Å². The summed E-state index contributed by atoms with van der Waals surface area (Å²) < 4.78 is 0. The third-order valence-electron chi connectivity index (χ3n) is 3.36. The lowest BCUT2D eigenvalue weighted by Gasteiger charge is -2.27. The van der Waals surface area contributed by atoms with Gasteiger partial charge in [0.05, 0.1) is 0 Å². The van der Waals surface area contributed by atoms with Crippen LogP contribution >= 0.6 is 0 Å². The van der Waals surface area contributed by atoms with Crippen LogP contribution in [-0.2, 0) is 0 Å². The number of carboxylic acids is 1. The maximum atomic E-state index is 11.5. The molecule has 0 saturated heterocycles. The molecule has 1 heterocycles. The van der Waals surface area contributed by atoms with Crippen LogP contribution in [0.3, 0.4) is 0 Å². The highest BCUT2D eigenvalue weighted by Crippen LogP contribution is 2.34. The van der Waals surface area contributed by atoms with Gasteiger partial charge in [-0.3, -0.25) is 0 Å². The Balaban J connectivity index is 2.48. The fourth-order valence-corrected chi connectivity index (χ4v) is 2.48. The van der Waals surface area contributed by atoms with Crippen molar-refractivity contribution < 1.29 is 9.90 Å². The Morgan fingerprint density at radius 3 is 2.58 bits per heavy atom. The first-order valence-corrected chi connectivity index (χ1v) is 6.88. The lowest BCUT2D eigenvalue weighted by atomic mass is 10.1. The zero-order valence-corrected chi connectivity index (χ0v) is 12.1. The second-order valence-electron chi connectivity index (χ2n) is 5.86. The summed E-state index contributed by atoms with van der Waals surface area (Å²) in [5.41, 5.74) is 2.04. The Labute approximate surface area is 114 Å². The molecule has 1 aliphatic carbocycles. The van der Waals surface area contributed by atoms with Crippen molar-refractivity contribution in [1.29, 1.82) is 0 Å². The average molecular weight is 262 g/mol. The summed E-state index contributed by atoms with van der Waals surface area (Å²) in [6, 6.07) is 2.31. The molecule has 0 amide bonds. The first kappa shape index (κ1) is 13.8. The van der Waals surface area contributed by atoms with Crippen LogP contribution in [0, 0.1) is 19.8 Å². The van der Waals surface area contributed by atoms with Crippen molar-refractivity contribution in [1.82, 2.24) is 4.98 Å². The quantitative estimate of drug-likeness (QED) is 0.886. The van der Waals surface area contributed by atoms with Gasteiger partial charge in [0.1, 0.15) is 11.4 Å². The number of nitrogens with zero attached hydrogens (tertiary/aromatic N) is 2. The molecule has 0 spiro atoms. The minimum atomic E-state index is -0.880. The molecule has 0 aromatic carbocycles. The summed E-state index contributed by atoms with van der Waals surface area (Å²) in [6.07, 6.45) is 2.28. The third kappa shape index (κ3) is 3.06. The molecule has 1 N–H and O–H groups in total. The maximum absolute atomic E-state index is 11.5. The van der Waals surface area contributed by atoms with Crippen molar-refractivity contribution in [3.8, 4) is 0 Å². The van der Waals surface area contributed by atoms with E-state index in [-0.39, 0.29) is 0 Å². The van der Waals surface area contributed by atoms with Crippen LogP contribution in [0.5, 0.6) is 0 Å². The molecule has 4 nitrogen and oxygen atoms in total. The SMILES string of the molecule is Cc1cc(C)c(C(=O)O)c(N(CC(C)C)C2CC2)n1. The highest BCUT2D eigenvalue weighted by Gasteiger charge is 2.33. The van der Waals surface area contributed by atoms with E-state index in [9.17, 15) is 9.90 Å². The lowest BCUT2D eigenvalue weighted by molar-refractivity contribution is 0.0696. The minimum absolute atomic E-state index is 0.359. The fraction of sp³-hybridized carbons (Fsp3) is 0.600. The number of carboxylic acid groups (broad SMARTS) is 1. The standard InChI is InChI=1S/C15H22N2O2/c1-9(2)8-17(12-5-6-12)14-13(15(18)19)10(3)7-11(4)16-14/h7,9,12H,5-6,8H2,1-4H3,(H,18,19). The van der Waals surface area contributed by atoms with Gasteiger partial charge in [0.15, 0.2) is 0 Å². The predicted octanol–water partition coefficient (Wildman–Crippen LogP) is 3.02. The van der Waals surface area contributed by atoms with E-state index in [1.807, 2.05) is 19.9 Å². The van der Waals surface area contributed by atoms with Gasteiger partial charge in [0.25, 0.3) is 0 Å².